The Balaban J connectivity index is 1.72. The van der Waals surface area contributed by atoms with Crippen LogP contribution in [0.25, 0.3) is 11.1 Å². The third-order valence-corrected chi connectivity index (χ3v) is 7.37. The lowest BCUT2D eigenvalue weighted by molar-refractivity contribution is 0.230. The summed E-state index contributed by atoms with van der Waals surface area (Å²) >= 11 is 0. The Morgan fingerprint density at radius 1 is 0.857 bits per heavy atom. The van der Waals surface area contributed by atoms with Gasteiger partial charge in [-0.1, -0.05) is 66.7 Å². The fourth-order valence-corrected chi connectivity index (χ4v) is 5.36. The average Bonchev–Trinajstić information content (AvgIpc) is 3.15. The maximum Gasteiger partial charge on any atom is 0.0434 e. The molecule has 3 aromatic carbocycles. The minimum absolute atomic E-state index is 0.180. The van der Waals surface area contributed by atoms with Crippen molar-refractivity contribution >= 4 is 16.8 Å². The number of benzene rings is 3. The van der Waals surface area contributed by atoms with Crippen LogP contribution in [0.1, 0.15) is 74.1 Å². The van der Waals surface area contributed by atoms with Gasteiger partial charge in [-0.15, -0.1) is 0 Å². The molecule has 0 radical (unpaired) electrons. The quantitative estimate of drug-likeness (QED) is 0.277. The molecule has 3 N–H and O–H groups in total. The molecule has 184 valence electrons. The first kappa shape index (κ1) is 25.2. The van der Waals surface area contributed by atoms with Crippen LogP contribution in [-0.2, 0) is 0 Å². The minimum Gasteiger partial charge on any atom is -0.399 e. The smallest absolute Gasteiger partial charge is 0.0434 e. The number of nitrogens with two attached hydrogens (primary N) is 1. The molecular weight excluding hydrogens is 428 g/mol. The van der Waals surface area contributed by atoms with Crippen molar-refractivity contribution in [3.05, 3.63) is 101 Å². The summed E-state index contributed by atoms with van der Waals surface area (Å²) in [6.07, 6.45) is 5.30. The number of allylic oxidation sites excluding steroid dienone is 1. The standard InChI is InChI=1S/C32H40N2O/c1-24(2)34-21-6-10-25(20-22-34)26-12-14-28(15-13-26)32(29-16-18-30(33)19-17-29)31(11-7-23-35)27-8-4-3-5-9-27/h3-5,8-9,12-19,24-25,35H,6-7,10-11,20-23,33H2,1-2H3/b32-31+. The normalized spacial score (nSPS) is 17.8. The molecule has 1 fully saturated rings. The van der Waals surface area contributed by atoms with E-state index in [2.05, 4.69) is 85.5 Å². The Kier molecular flexibility index (Phi) is 8.79. The van der Waals surface area contributed by atoms with Crippen molar-refractivity contribution in [3.63, 3.8) is 0 Å². The molecule has 1 unspecified atom stereocenters. The molecule has 0 spiro atoms. The van der Waals surface area contributed by atoms with E-state index in [1.807, 2.05) is 12.1 Å². The summed E-state index contributed by atoms with van der Waals surface area (Å²) in [5.74, 6) is 0.625. The van der Waals surface area contributed by atoms with Crippen LogP contribution in [0, 0.1) is 0 Å². The van der Waals surface area contributed by atoms with Crippen LogP contribution in [0.15, 0.2) is 78.9 Å². The van der Waals surface area contributed by atoms with Gasteiger partial charge < -0.3 is 15.7 Å². The Morgan fingerprint density at radius 2 is 1.51 bits per heavy atom. The zero-order valence-corrected chi connectivity index (χ0v) is 21.3. The third kappa shape index (κ3) is 6.42. The summed E-state index contributed by atoms with van der Waals surface area (Å²) in [5, 5.41) is 9.64. The molecule has 3 aromatic rings. The molecule has 0 bridgehead atoms. The summed E-state index contributed by atoms with van der Waals surface area (Å²) in [6.45, 7) is 7.18. The molecule has 0 amide bonds. The van der Waals surface area contributed by atoms with Crippen LogP contribution in [0.3, 0.4) is 0 Å². The minimum atomic E-state index is 0.180. The summed E-state index contributed by atoms with van der Waals surface area (Å²) in [6, 6.07) is 28.7. The van der Waals surface area contributed by atoms with Crippen molar-refractivity contribution in [1.82, 2.24) is 4.90 Å². The molecule has 3 heteroatoms. The van der Waals surface area contributed by atoms with E-state index in [0.29, 0.717) is 12.0 Å². The van der Waals surface area contributed by atoms with Gasteiger partial charge >= 0.3 is 0 Å². The first-order valence-corrected chi connectivity index (χ1v) is 13.2. The van der Waals surface area contributed by atoms with E-state index in [1.165, 1.54) is 60.2 Å². The third-order valence-electron chi connectivity index (χ3n) is 7.37. The summed E-state index contributed by atoms with van der Waals surface area (Å²) in [4.78, 5) is 2.61. The van der Waals surface area contributed by atoms with Crippen molar-refractivity contribution in [2.75, 3.05) is 25.4 Å². The van der Waals surface area contributed by atoms with Gasteiger partial charge in [0.1, 0.15) is 0 Å². The van der Waals surface area contributed by atoms with Gasteiger partial charge in [0.05, 0.1) is 0 Å². The van der Waals surface area contributed by atoms with Crippen LogP contribution in [-0.4, -0.2) is 35.7 Å². The van der Waals surface area contributed by atoms with E-state index in [9.17, 15) is 5.11 Å². The molecule has 0 saturated carbocycles. The maximum atomic E-state index is 9.64. The highest BCUT2D eigenvalue weighted by Gasteiger charge is 2.21. The van der Waals surface area contributed by atoms with Crippen LogP contribution >= 0.6 is 0 Å². The van der Waals surface area contributed by atoms with E-state index >= 15 is 0 Å². The van der Waals surface area contributed by atoms with Crippen LogP contribution < -0.4 is 5.73 Å². The predicted molar refractivity (Wildman–Crippen MR) is 149 cm³/mol. The van der Waals surface area contributed by atoms with Crippen molar-refractivity contribution in [2.24, 2.45) is 0 Å². The number of hydrogen-bond acceptors (Lipinski definition) is 3. The van der Waals surface area contributed by atoms with Gasteiger partial charge in [-0.25, -0.2) is 0 Å². The molecule has 0 aliphatic carbocycles. The van der Waals surface area contributed by atoms with Gasteiger partial charge in [0.15, 0.2) is 0 Å². The molecule has 4 rings (SSSR count). The van der Waals surface area contributed by atoms with Crippen LogP contribution in [0.2, 0.25) is 0 Å². The van der Waals surface area contributed by atoms with E-state index < -0.39 is 0 Å². The van der Waals surface area contributed by atoms with Gasteiger partial charge in [0.25, 0.3) is 0 Å². The largest absolute Gasteiger partial charge is 0.399 e. The number of likely N-dealkylation sites (tertiary alicyclic amines) is 1. The van der Waals surface area contributed by atoms with E-state index in [-0.39, 0.29) is 6.61 Å². The van der Waals surface area contributed by atoms with E-state index in [1.54, 1.807) is 0 Å². The van der Waals surface area contributed by atoms with Gasteiger partial charge in [-0.05, 0) is 110 Å². The predicted octanol–water partition coefficient (Wildman–Crippen LogP) is 6.98. The highest BCUT2D eigenvalue weighted by Crippen LogP contribution is 2.37. The number of rotatable bonds is 8. The monoisotopic (exact) mass is 468 g/mol. The lowest BCUT2D eigenvalue weighted by Gasteiger charge is -2.24. The fourth-order valence-electron chi connectivity index (χ4n) is 5.36. The highest BCUT2D eigenvalue weighted by molar-refractivity contribution is 5.98. The Bertz CT molecular complexity index is 1080. The maximum absolute atomic E-state index is 9.64. The number of nitrogen functional groups attached to an aromatic ring is 1. The molecule has 1 aliphatic rings. The molecule has 1 saturated heterocycles. The molecule has 3 nitrogen and oxygen atoms in total. The summed E-state index contributed by atoms with van der Waals surface area (Å²) < 4.78 is 0. The van der Waals surface area contributed by atoms with Crippen molar-refractivity contribution < 1.29 is 5.11 Å². The fraction of sp³-hybridized carbons (Fsp3) is 0.375. The molecule has 0 aromatic heterocycles. The number of nitrogens with zero attached hydrogens (tertiary/aromatic N) is 1. The van der Waals surface area contributed by atoms with Crippen molar-refractivity contribution in [1.29, 1.82) is 0 Å². The lowest BCUT2D eigenvalue weighted by atomic mass is 9.85. The number of aliphatic hydroxyl groups is 1. The van der Waals surface area contributed by atoms with Gasteiger partial charge in [-0.3, -0.25) is 0 Å². The van der Waals surface area contributed by atoms with Gasteiger partial charge in [0, 0.05) is 18.3 Å². The summed E-state index contributed by atoms with van der Waals surface area (Å²) in [7, 11) is 0. The summed E-state index contributed by atoms with van der Waals surface area (Å²) in [5.41, 5.74) is 14.3. The van der Waals surface area contributed by atoms with E-state index in [0.717, 1.165) is 24.1 Å². The first-order chi connectivity index (χ1) is 17.1. The van der Waals surface area contributed by atoms with Gasteiger partial charge in [0.2, 0.25) is 0 Å². The second kappa shape index (κ2) is 12.2. The zero-order chi connectivity index (χ0) is 24.6. The van der Waals surface area contributed by atoms with E-state index in [4.69, 9.17) is 5.73 Å². The Labute approximate surface area is 211 Å². The van der Waals surface area contributed by atoms with Crippen molar-refractivity contribution in [2.45, 2.75) is 57.9 Å². The number of aliphatic hydroxyl groups excluding tert-OH is 1. The number of anilines is 1. The number of hydrogen-bond donors (Lipinski definition) is 2. The second-order valence-electron chi connectivity index (χ2n) is 10.0. The Morgan fingerprint density at radius 3 is 2.14 bits per heavy atom. The van der Waals surface area contributed by atoms with Gasteiger partial charge in [-0.2, -0.15) is 0 Å². The topological polar surface area (TPSA) is 49.5 Å². The lowest BCUT2D eigenvalue weighted by Crippen LogP contribution is -2.31. The molecule has 1 atom stereocenters. The SMILES string of the molecule is CC(C)N1CCCC(c2ccc(/C(=C(/CCCO)c3ccccc3)c3ccc(N)cc3)cc2)CC1. The molecule has 35 heavy (non-hydrogen) atoms. The van der Waals surface area contributed by atoms with Crippen LogP contribution in [0.5, 0.6) is 0 Å². The average molecular weight is 469 g/mol. The molecule has 1 aliphatic heterocycles. The molecular formula is C32H40N2O. The second-order valence-corrected chi connectivity index (χ2v) is 10.0. The van der Waals surface area contributed by atoms with Crippen LogP contribution in [0.4, 0.5) is 5.69 Å². The highest BCUT2D eigenvalue weighted by atomic mass is 16.2. The first-order valence-electron chi connectivity index (χ1n) is 13.2. The Hall–Kier alpha value is -2.88. The zero-order valence-electron chi connectivity index (χ0n) is 21.3. The molecule has 1 heterocycles. The van der Waals surface area contributed by atoms with Crippen molar-refractivity contribution in [3.8, 4) is 0 Å².